The van der Waals surface area contributed by atoms with Crippen molar-refractivity contribution in [2.75, 3.05) is 38.2 Å². The molecule has 1 aromatic carbocycles. The number of ether oxygens (including phenoxy) is 1. The van der Waals surface area contributed by atoms with Crippen LogP contribution in [-0.4, -0.2) is 49.6 Å². The van der Waals surface area contributed by atoms with Crippen LogP contribution in [0.4, 0.5) is 5.69 Å². The second kappa shape index (κ2) is 8.94. The van der Waals surface area contributed by atoms with Gasteiger partial charge in [0, 0.05) is 18.8 Å². The molecule has 0 aliphatic carbocycles. The molecule has 0 aromatic heterocycles. The summed E-state index contributed by atoms with van der Waals surface area (Å²) in [5.74, 6) is 0.225. The Kier molecular flexibility index (Phi) is 7.60. The lowest BCUT2D eigenvalue weighted by atomic mass is 10.1. The van der Waals surface area contributed by atoms with Crippen molar-refractivity contribution in [3.8, 4) is 0 Å². The fraction of sp³-hybridized carbons (Fsp3) is 0.467. The van der Waals surface area contributed by atoms with Gasteiger partial charge in [0.05, 0.1) is 13.2 Å². The molecule has 2 rings (SSSR count). The number of rotatable bonds is 3. The predicted octanol–water partition coefficient (Wildman–Crippen LogP) is 1.51. The van der Waals surface area contributed by atoms with Crippen molar-refractivity contribution in [2.45, 2.75) is 13.8 Å². The number of aliphatic imine (C=N–C) groups is 1. The van der Waals surface area contributed by atoms with Gasteiger partial charge in [0.2, 0.25) is 5.91 Å². The van der Waals surface area contributed by atoms with Gasteiger partial charge in [-0.05, 0) is 37.1 Å². The summed E-state index contributed by atoms with van der Waals surface area (Å²) in [6, 6.07) is 5.96. The maximum Gasteiger partial charge on any atom is 0.244 e. The van der Waals surface area contributed by atoms with Crippen LogP contribution in [-0.2, 0) is 9.53 Å². The summed E-state index contributed by atoms with van der Waals surface area (Å²) in [4.78, 5) is 17.8. The van der Waals surface area contributed by atoms with Crippen LogP contribution < -0.4 is 11.1 Å². The van der Waals surface area contributed by atoms with E-state index in [1.807, 2.05) is 25.1 Å². The molecule has 0 saturated carbocycles. The molecule has 0 unspecified atom stereocenters. The summed E-state index contributed by atoms with van der Waals surface area (Å²) in [5, 5.41) is 3.00. The van der Waals surface area contributed by atoms with Crippen molar-refractivity contribution in [3.05, 3.63) is 29.3 Å². The molecule has 3 N–H and O–H groups in total. The standard InChI is InChI=1S/C15H22N4O2.HI/c1-11-3-4-13(9-12(11)2)18-15(16)17-10-14(20)19-5-7-21-8-6-19;/h3-4,9H,5-8,10H2,1-2H3,(H3,16,17,18);1H. The van der Waals surface area contributed by atoms with E-state index in [1.165, 1.54) is 11.1 Å². The highest BCUT2D eigenvalue weighted by molar-refractivity contribution is 14.0. The average molecular weight is 418 g/mol. The Labute approximate surface area is 148 Å². The number of carbonyl (C=O) groups is 1. The van der Waals surface area contributed by atoms with Crippen LogP contribution in [0.1, 0.15) is 11.1 Å². The molecule has 0 atom stereocenters. The van der Waals surface area contributed by atoms with Gasteiger partial charge in [0.25, 0.3) is 0 Å². The summed E-state index contributed by atoms with van der Waals surface area (Å²) in [6.45, 7) is 6.58. The van der Waals surface area contributed by atoms with Gasteiger partial charge >= 0.3 is 0 Å². The lowest BCUT2D eigenvalue weighted by molar-refractivity contribution is -0.133. The summed E-state index contributed by atoms with van der Waals surface area (Å²) in [5.41, 5.74) is 9.09. The van der Waals surface area contributed by atoms with E-state index in [4.69, 9.17) is 10.5 Å². The van der Waals surface area contributed by atoms with Crippen molar-refractivity contribution in [1.82, 2.24) is 4.90 Å². The Bertz CT molecular complexity index is 542. The summed E-state index contributed by atoms with van der Waals surface area (Å²) >= 11 is 0. The van der Waals surface area contributed by atoms with Gasteiger partial charge in [-0.15, -0.1) is 24.0 Å². The normalized spacial score (nSPS) is 15.2. The number of amides is 1. The zero-order chi connectivity index (χ0) is 15.2. The number of anilines is 1. The lowest BCUT2D eigenvalue weighted by Crippen LogP contribution is -2.42. The number of nitrogens with zero attached hydrogens (tertiary/aromatic N) is 2. The zero-order valence-corrected chi connectivity index (χ0v) is 15.3. The van der Waals surface area contributed by atoms with E-state index in [-0.39, 0.29) is 42.4 Å². The minimum Gasteiger partial charge on any atom is -0.378 e. The van der Waals surface area contributed by atoms with Gasteiger partial charge < -0.3 is 20.7 Å². The van der Waals surface area contributed by atoms with Crippen LogP contribution >= 0.6 is 24.0 Å². The summed E-state index contributed by atoms with van der Waals surface area (Å²) < 4.78 is 5.21. The van der Waals surface area contributed by atoms with Gasteiger partial charge in [-0.25, -0.2) is 4.99 Å². The van der Waals surface area contributed by atoms with Gasteiger partial charge in [-0.1, -0.05) is 6.07 Å². The first-order valence-electron chi connectivity index (χ1n) is 7.06. The summed E-state index contributed by atoms with van der Waals surface area (Å²) in [6.07, 6.45) is 0. The third-order valence-electron chi connectivity index (χ3n) is 3.53. The molecular weight excluding hydrogens is 395 g/mol. The number of guanidine groups is 1. The van der Waals surface area contributed by atoms with Crippen LogP contribution in [0.25, 0.3) is 0 Å². The Hall–Kier alpha value is -1.35. The second-order valence-corrected chi connectivity index (χ2v) is 5.12. The van der Waals surface area contributed by atoms with Crippen molar-refractivity contribution < 1.29 is 9.53 Å². The molecule has 122 valence electrons. The van der Waals surface area contributed by atoms with E-state index in [1.54, 1.807) is 4.90 Å². The molecule has 1 fully saturated rings. The maximum atomic E-state index is 11.9. The number of morpholine rings is 1. The van der Waals surface area contributed by atoms with Gasteiger partial charge in [0.15, 0.2) is 5.96 Å². The molecule has 1 saturated heterocycles. The van der Waals surface area contributed by atoms with Crippen LogP contribution in [0.5, 0.6) is 0 Å². The number of benzene rings is 1. The first-order valence-corrected chi connectivity index (χ1v) is 7.06. The number of nitrogens with two attached hydrogens (primary N) is 1. The topological polar surface area (TPSA) is 79.9 Å². The molecule has 6 nitrogen and oxygen atoms in total. The highest BCUT2D eigenvalue weighted by atomic mass is 127. The second-order valence-electron chi connectivity index (χ2n) is 5.12. The Morgan fingerprint density at radius 1 is 1.32 bits per heavy atom. The van der Waals surface area contributed by atoms with Crippen molar-refractivity contribution >= 4 is 41.5 Å². The van der Waals surface area contributed by atoms with Crippen LogP contribution in [0.15, 0.2) is 23.2 Å². The third-order valence-corrected chi connectivity index (χ3v) is 3.53. The average Bonchev–Trinajstić information content (AvgIpc) is 2.49. The monoisotopic (exact) mass is 418 g/mol. The number of nitrogens with one attached hydrogen (secondary N) is 1. The highest BCUT2D eigenvalue weighted by Gasteiger charge is 2.15. The smallest absolute Gasteiger partial charge is 0.244 e. The Morgan fingerprint density at radius 3 is 2.64 bits per heavy atom. The Balaban J connectivity index is 0.00000242. The third kappa shape index (κ3) is 5.45. The molecule has 7 heteroatoms. The van der Waals surface area contributed by atoms with E-state index in [0.717, 1.165) is 5.69 Å². The minimum absolute atomic E-state index is 0. The molecular formula is C15H23IN4O2. The van der Waals surface area contributed by atoms with Crippen LogP contribution in [0.2, 0.25) is 0 Å². The quantitative estimate of drug-likeness (QED) is 0.443. The van der Waals surface area contributed by atoms with Crippen LogP contribution in [0.3, 0.4) is 0 Å². The SMILES string of the molecule is Cc1ccc(NC(N)=NCC(=O)N2CCOCC2)cc1C.I. The van der Waals surface area contributed by atoms with E-state index in [2.05, 4.69) is 17.2 Å². The van der Waals surface area contributed by atoms with Gasteiger partial charge in [-0.3, -0.25) is 4.79 Å². The van der Waals surface area contributed by atoms with Crippen molar-refractivity contribution in [1.29, 1.82) is 0 Å². The van der Waals surface area contributed by atoms with Crippen molar-refractivity contribution in [2.24, 2.45) is 10.7 Å². The van der Waals surface area contributed by atoms with E-state index in [9.17, 15) is 4.79 Å². The first kappa shape index (κ1) is 18.7. The molecule has 1 amide bonds. The summed E-state index contributed by atoms with van der Waals surface area (Å²) in [7, 11) is 0. The fourth-order valence-electron chi connectivity index (χ4n) is 2.07. The van der Waals surface area contributed by atoms with Gasteiger partial charge in [0.1, 0.15) is 6.54 Å². The van der Waals surface area contributed by atoms with E-state index >= 15 is 0 Å². The number of aryl methyl sites for hydroxylation is 2. The molecule has 22 heavy (non-hydrogen) atoms. The molecule has 0 spiro atoms. The van der Waals surface area contributed by atoms with Gasteiger partial charge in [-0.2, -0.15) is 0 Å². The molecule has 1 aromatic rings. The molecule has 1 aliphatic rings. The van der Waals surface area contributed by atoms with Crippen LogP contribution in [0, 0.1) is 13.8 Å². The lowest BCUT2D eigenvalue weighted by Gasteiger charge is -2.26. The minimum atomic E-state index is -0.0249. The number of hydrogen-bond donors (Lipinski definition) is 2. The largest absolute Gasteiger partial charge is 0.378 e. The maximum absolute atomic E-state index is 11.9. The molecule has 0 bridgehead atoms. The Morgan fingerprint density at radius 2 is 2.00 bits per heavy atom. The first-order chi connectivity index (χ1) is 10.1. The number of hydrogen-bond acceptors (Lipinski definition) is 3. The molecule has 1 heterocycles. The fourth-order valence-corrected chi connectivity index (χ4v) is 2.07. The predicted molar refractivity (Wildman–Crippen MR) is 98.8 cm³/mol. The van der Waals surface area contributed by atoms with E-state index < -0.39 is 0 Å². The molecule has 0 radical (unpaired) electrons. The highest BCUT2D eigenvalue weighted by Crippen LogP contribution is 2.13. The molecule has 1 aliphatic heterocycles. The van der Waals surface area contributed by atoms with E-state index in [0.29, 0.717) is 26.3 Å². The number of halogens is 1. The van der Waals surface area contributed by atoms with Crippen molar-refractivity contribution in [3.63, 3.8) is 0 Å². The zero-order valence-electron chi connectivity index (χ0n) is 13.0. The number of carbonyl (C=O) groups excluding carboxylic acids is 1.